The van der Waals surface area contributed by atoms with Gasteiger partial charge in [0.2, 0.25) is 5.91 Å². The molecule has 34 heavy (non-hydrogen) atoms. The Bertz CT molecular complexity index is 1130. The molecule has 4 rings (SSSR count). The fourth-order valence-corrected chi connectivity index (χ4v) is 4.51. The Kier molecular flexibility index (Phi) is 7.06. The Morgan fingerprint density at radius 3 is 2.44 bits per heavy atom. The first kappa shape index (κ1) is 24.0. The van der Waals surface area contributed by atoms with Crippen molar-refractivity contribution in [2.45, 2.75) is 72.8 Å². The molecule has 1 N–H and O–H groups in total. The average molecular weight is 467 g/mol. The van der Waals surface area contributed by atoms with E-state index in [1.165, 1.54) is 6.33 Å². The Balaban J connectivity index is 1.69. The lowest BCUT2D eigenvalue weighted by Crippen LogP contribution is -2.53. The molecule has 1 aliphatic rings. The quantitative estimate of drug-likeness (QED) is 0.566. The van der Waals surface area contributed by atoms with E-state index in [0.717, 1.165) is 11.4 Å². The molecule has 3 atom stereocenters. The van der Waals surface area contributed by atoms with Crippen molar-refractivity contribution < 1.29 is 9.53 Å². The number of carbonyl (C=O) groups is 1. The van der Waals surface area contributed by atoms with Crippen molar-refractivity contribution in [1.29, 1.82) is 0 Å². The van der Waals surface area contributed by atoms with E-state index in [4.69, 9.17) is 9.72 Å². The monoisotopic (exact) mass is 466 g/mol. The minimum absolute atomic E-state index is 0.0118. The molecule has 0 bridgehead atoms. The number of hydrogen-bond donors (Lipinski definition) is 1. The van der Waals surface area contributed by atoms with Crippen molar-refractivity contribution in [3.05, 3.63) is 24.5 Å². The van der Waals surface area contributed by atoms with Crippen LogP contribution < -0.4 is 5.32 Å². The maximum atomic E-state index is 13.6. The summed E-state index contributed by atoms with van der Waals surface area (Å²) in [5.41, 5.74) is 2.15. The number of imidazole rings is 1. The summed E-state index contributed by atoms with van der Waals surface area (Å²) in [5, 5.41) is 3.42. The maximum absolute atomic E-state index is 13.6. The van der Waals surface area contributed by atoms with E-state index in [2.05, 4.69) is 39.1 Å². The summed E-state index contributed by atoms with van der Waals surface area (Å²) in [4.78, 5) is 37.9. The fourth-order valence-electron chi connectivity index (χ4n) is 4.51. The summed E-state index contributed by atoms with van der Waals surface area (Å²) in [5.74, 6) is 2.36. The maximum Gasteiger partial charge on any atom is 0.245 e. The van der Waals surface area contributed by atoms with Crippen molar-refractivity contribution >= 4 is 22.9 Å². The van der Waals surface area contributed by atoms with Gasteiger partial charge in [0.05, 0.1) is 17.8 Å². The molecular formula is C24H34N8O2. The molecule has 0 aromatic carbocycles. The molecule has 1 amide bonds. The minimum atomic E-state index is -0.423. The Labute approximate surface area is 200 Å². The number of nitrogens with one attached hydrogen (secondary N) is 1. The van der Waals surface area contributed by atoms with Gasteiger partial charge in [0.1, 0.15) is 24.0 Å². The molecule has 1 saturated heterocycles. The van der Waals surface area contributed by atoms with E-state index in [-0.39, 0.29) is 18.1 Å². The number of carbonyl (C=O) groups excluding carboxylic acids is 1. The molecule has 1 fully saturated rings. The number of anilines is 1. The van der Waals surface area contributed by atoms with Crippen LogP contribution in [0.3, 0.4) is 0 Å². The summed E-state index contributed by atoms with van der Waals surface area (Å²) in [6, 6.07) is -0.423. The lowest BCUT2D eigenvalue weighted by molar-refractivity contribution is -0.144. The van der Waals surface area contributed by atoms with Gasteiger partial charge in [-0.25, -0.2) is 24.9 Å². The number of aryl methyl sites for hydroxylation is 2. The highest BCUT2D eigenvalue weighted by Gasteiger charge is 2.32. The minimum Gasteiger partial charge on any atom is -0.372 e. The third-order valence-corrected chi connectivity index (χ3v) is 5.93. The van der Waals surface area contributed by atoms with Crippen molar-refractivity contribution in [1.82, 2.24) is 34.4 Å². The molecular weight excluding hydrogens is 432 g/mol. The molecule has 10 nitrogen and oxygen atoms in total. The van der Waals surface area contributed by atoms with Gasteiger partial charge in [-0.15, -0.1) is 0 Å². The Morgan fingerprint density at radius 1 is 1.15 bits per heavy atom. The van der Waals surface area contributed by atoms with Gasteiger partial charge < -0.3 is 19.5 Å². The van der Waals surface area contributed by atoms with Crippen LogP contribution in [-0.4, -0.2) is 71.6 Å². The summed E-state index contributed by atoms with van der Waals surface area (Å²) in [6.07, 6.45) is 5.75. The van der Waals surface area contributed by atoms with Crippen molar-refractivity contribution in [3.63, 3.8) is 0 Å². The second kappa shape index (κ2) is 10.0. The summed E-state index contributed by atoms with van der Waals surface area (Å²) in [7, 11) is 0. The van der Waals surface area contributed by atoms with Gasteiger partial charge in [-0.05, 0) is 40.0 Å². The molecule has 0 radical (unpaired) electrons. The fraction of sp³-hybridized carbons (Fsp3) is 0.583. The van der Waals surface area contributed by atoms with Gasteiger partial charge >= 0.3 is 0 Å². The number of rotatable bonds is 7. The van der Waals surface area contributed by atoms with Crippen molar-refractivity contribution in [2.75, 3.05) is 18.4 Å². The zero-order chi connectivity index (χ0) is 24.4. The van der Waals surface area contributed by atoms with Gasteiger partial charge in [-0.3, -0.25) is 4.79 Å². The number of amides is 1. The third-order valence-electron chi connectivity index (χ3n) is 5.93. The molecule has 0 aliphatic carbocycles. The number of hydrogen-bond acceptors (Lipinski definition) is 8. The first-order chi connectivity index (χ1) is 16.3. The van der Waals surface area contributed by atoms with E-state index >= 15 is 0 Å². The molecule has 1 aliphatic heterocycles. The SMILES string of the molecule is CCn1c(-c2cnc(C)nc2)nc2c(NC(CC(C)C)C(=O)N3C[C@@H](C)O[C@@H](C)C3)ncnc21. The van der Waals surface area contributed by atoms with Gasteiger partial charge in [-0.2, -0.15) is 0 Å². The number of nitrogens with zero attached hydrogens (tertiary/aromatic N) is 7. The van der Waals surface area contributed by atoms with Crippen LogP contribution >= 0.6 is 0 Å². The first-order valence-corrected chi connectivity index (χ1v) is 12.0. The van der Waals surface area contributed by atoms with Crippen LogP contribution in [0.5, 0.6) is 0 Å². The van der Waals surface area contributed by atoms with Gasteiger partial charge in [0.15, 0.2) is 17.0 Å². The second-order valence-electron chi connectivity index (χ2n) is 9.42. The van der Waals surface area contributed by atoms with Crippen molar-refractivity contribution in [3.8, 4) is 11.4 Å². The first-order valence-electron chi connectivity index (χ1n) is 12.0. The standard InChI is InChI=1S/C24H34N8O2/c1-7-32-22(18-9-25-17(6)26-10-18)30-20-21(27-13-28-23(20)32)29-19(8-14(2)3)24(33)31-11-15(4)34-16(5)12-31/h9-10,13-16,19H,7-8,11-12H2,1-6H3,(H,27,28,29)/t15-,16+,19?. The number of ether oxygens (including phenoxy) is 1. The zero-order valence-corrected chi connectivity index (χ0v) is 20.8. The predicted molar refractivity (Wildman–Crippen MR) is 130 cm³/mol. The van der Waals surface area contributed by atoms with E-state index in [1.54, 1.807) is 12.4 Å². The van der Waals surface area contributed by atoms with Gasteiger partial charge in [0.25, 0.3) is 0 Å². The molecule has 4 heterocycles. The zero-order valence-electron chi connectivity index (χ0n) is 20.8. The molecule has 3 aromatic heterocycles. The topological polar surface area (TPSA) is 111 Å². The highest BCUT2D eigenvalue weighted by atomic mass is 16.5. The van der Waals surface area contributed by atoms with Crippen LogP contribution in [0.4, 0.5) is 5.82 Å². The predicted octanol–water partition coefficient (Wildman–Crippen LogP) is 3.07. The number of aromatic nitrogens is 6. The average Bonchev–Trinajstić information content (AvgIpc) is 3.17. The van der Waals surface area contributed by atoms with Gasteiger partial charge in [0, 0.05) is 32.0 Å². The van der Waals surface area contributed by atoms with E-state index in [1.807, 2.05) is 37.2 Å². The van der Waals surface area contributed by atoms with Crippen LogP contribution in [0.1, 0.15) is 46.9 Å². The molecule has 0 spiro atoms. The lowest BCUT2D eigenvalue weighted by atomic mass is 10.0. The summed E-state index contributed by atoms with van der Waals surface area (Å²) >= 11 is 0. The molecule has 0 saturated carbocycles. The summed E-state index contributed by atoms with van der Waals surface area (Å²) in [6.45, 7) is 14.0. The normalized spacial score (nSPS) is 19.6. The third kappa shape index (κ3) is 5.01. The Hall–Kier alpha value is -3.14. The summed E-state index contributed by atoms with van der Waals surface area (Å²) < 4.78 is 7.84. The second-order valence-corrected chi connectivity index (χ2v) is 9.42. The van der Waals surface area contributed by atoms with Crippen LogP contribution in [0.2, 0.25) is 0 Å². The highest BCUT2D eigenvalue weighted by Crippen LogP contribution is 2.27. The van der Waals surface area contributed by atoms with E-state index < -0.39 is 6.04 Å². The van der Waals surface area contributed by atoms with Crippen LogP contribution in [0.15, 0.2) is 18.7 Å². The highest BCUT2D eigenvalue weighted by molar-refractivity contribution is 5.90. The largest absolute Gasteiger partial charge is 0.372 e. The van der Waals surface area contributed by atoms with Crippen LogP contribution in [-0.2, 0) is 16.1 Å². The smallest absolute Gasteiger partial charge is 0.245 e. The molecule has 3 aromatic rings. The molecule has 1 unspecified atom stereocenters. The lowest BCUT2D eigenvalue weighted by Gasteiger charge is -2.37. The van der Waals surface area contributed by atoms with Gasteiger partial charge in [-0.1, -0.05) is 13.8 Å². The van der Waals surface area contributed by atoms with Crippen LogP contribution in [0, 0.1) is 12.8 Å². The Morgan fingerprint density at radius 2 is 1.82 bits per heavy atom. The van der Waals surface area contributed by atoms with Crippen LogP contribution in [0.25, 0.3) is 22.6 Å². The van der Waals surface area contributed by atoms with Crippen molar-refractivity contribution in [2.24, 2.45) is 5.92 Å². The molecule has 182 valence electrons. The number of morpholine rings is 1. The van der Waals surface area contributed by atoms with E-state index in [0.29, 0.717) is 54.8 Å². The molecule has 10 heteroatoms. The van der Waals surface area contributed by atoms with E-state index in [9.17, 15) is 4.79 Å². The number of fused-ring (bicyclic) bond motifs is 1.